The number of esters is 2. The second-order valence-electron chi connectivity index (χ2n) is 16.4. The maximum Gasteiger partial charge on any atom is 0.330 e. The summed E-state index contributed by atoms with van der Waals surface area (Å²) in [5.41, 5.74) is 1.54. The molecule has 0 aromatic rings. The normalized spacial score (nSPS) is 41.7. The topological polar surface area (TPSA) is 121 Å². The van der Waals surface area contributed by atoms with Crippen LogP contribution in [0, 0.1) is 23.7 Å². The van der Waals surface area contributed by atoms with Gasteiger partial charge < -0.3 is 37.9 Å². The minimum atomic E-state index is -0.297. The first-order chi connectivity index (χ1) is 23.7. The Balaban J connectivity index is 0.000000194. The summed E-state index contributed by atoms with van der Waals surface area (Å²) in [6.07, 6.45) is 11.3. The lowest BCUT2D eigenvalue weighted by Gasteiger charge is -2.43. The molecular formula is C40H64O10. The Bertz CT molecular complexity index is 1260. The van der Waals surface area contributed by atoms with E-state index in [1.54, 1.807) is 20.3 Å². The summed E-state index contributed by atoms with van der Waals surface area (Å²) in [4.78, 5) is 24.0. The predicted molar refractivity (Wildman–Crippen MR) is 189 cm³/mol. The predicted octanol–water partition coefficient (Wildman–Crippen LogP) is 6.53. The summed E-state index contributed by atoms with van der Waals surface area (Å²) in [5.74, 6) is 0.717. The van der Waals surface area contributed by atoms with E-state index in [2.05, 4.69) is 47.6 Å². The molecule has 11 atom stereocenters. The van der Waals surface area contributed by atoms with Crippen molar-refractivity contribution in [2.75, 3.05) is 40.6 Å². The van der Waals surface area contributed by atoms with Gasteiger partial charge in [-0.1, -0.05) is 25.5 Å². The van der Waals surface area contributed by atoms with Crippen LogP contribution in [0.1, 0.15) is 107 Å². The molecule has 0 aromatic carbocycles. The molecule has 2 aliphatic carbocycles. The van der Waals surface area contributed by atoms with E-state index in [9.17, 15) is 9.59 Å². The van der Waals surface area contributed by atoms with Gasteiger partial charge >= 0.3 is 11.9 Å². The monoisotopic (exact) mass is 704 g/mol. The van der Waals surface area contributed by atoms with Crippen molar-refractivity contribution in [3.05, 3.63) is 23.3 Å². The van der Waals surface area contributed by atoms with Crippen molar-refractivity contribution in [2.24, 2.45) is 23.7 Å². The van der Waals surface area contributed by atoms with Crippen LogP contribution in [-0.2, 0) is 47.5 Å². The van der Waals surface area contributed by atoms with Gasteiger partial charge in [0.1, 0.15) is 16.8 Å². The number of epoxide rings is 4. The third-order valence-corrected chi connectivity index (χ3v) is 12.2. The molecule has 4 heterocycles. The van der Waals surface area contributed by atoms with Crippen LogP contribution in [0.3, 0.4) is 0 Å². The summed E-state index contributed by atoms with van der Waals surface area (Å²) in [6, 6.07) is 0. The number of allylic oxidation sites excluding steroid dienone is 1. The molecule has 10 heteroatoms. The SMILES string of the molecule is CCOC(=O)C=C1CC[C@]2(CO2)[C@@H]([C@@]2(C)O[C@@H]2CC=C(C)C)[C@@H]1OC.CCOC(=O)CC1CC[C@]2(CO2)[C@@H]([C@@]2(C)O[C@@H]2CCC(C)C)[C@@H]1OC. The van der Waals surface area contributed by atoms with Gasteiger partial charge in [-0.15, -0.1) is 0 Å². The van der Waals surface area contributed by atoms with Gasteiger partial charge in [-0.3, -0.25) is 4.79 Å². The van der Waals surface area contributed by atoms with Crippen molar-refractivity contribution in [1.29, 1.82) is 0 Å². The number of hydrogen-bond donors (Lipinski definition) is 0. The Labute approximate surface area is 300 Å². The van der Waals surface area contributed by atoms with E-state index in [0.29, 0.717) is 25.6 Å². The fourth-order valence-corrected chi connectivity index (χ4v) is 9.27. The van der Waals surface area contributed by atoms with E-state index >= 15 is 0 Å². The maximum absolute atomic E-state index is 12.0. The first-order valence-electron chi connectivity index (χ1n) is 19.1. The summed E-state index contributed by atoms with van der Waals surface area (Å²) < 4.78 is 46.3. The second kappa shape index (κ2) is 15.7. The lowest BCUT2D eigenvalue weighted by Crippen LogP contribution is -2.53. The third kappa shape index (κ3) is 8.36. The number of rotatable bonds is 14. The van der Waals surface area contributed by atoms with Gasteiger partial charge in [-0.05, 0) is 104 Å². The molecule has 2 spiro atoms. The minimum absolute atomic E-state index is 0.0188. The van der Waals surface area contributed by atoms with Crippen molar-refractivity contribution in [3.63, 3.8) is 0 Å². The molecule has 50 heavy (non-hydrogen) atoms. The highest BCUT2D eigenvalue weighted by atomic mass is 16.6. The van der Waals surface area contributed by atoms with Gasteiger partial charge in [-0.25, -0.2) is 4.79 Å². The van der Waals surface area contributed by atoms with Crippen molar-refractivity contribution in [1.82, 2.24) is 0 Å². The van der Waals surface area contributed by atoms with Gasteiger partial charge in [0.25, 0.3) is 0 Å². The maximum atomic E-state index is 12.0. The molecule has 0 bridgehead atoms. The van der Waals surface area contributed by atoms with Gasteiger partial charge in [0.05, 0.1) is 68.8 Å². The van der Waals surface area contributed by atoms with E-state index in [1.807, 2.05) is 13.8 Å². The standard InChI is InChI=1S/C20H34O5.C20H30O5/c2*1-6-23-16(21)11-14-9-10-20(12-24-20)18(17(14)22-5)19(4)15(25-19)8-7-13(2)3/h13-15,17-18H,6-12H2,1-5H3;7,11,15,17-18H,6,8-10,12H2,1-5H3/t14?,15-,17-,18-,19+,20+;15-,17-,18-,19+,20+/m11/s1. The average molecular weight is 705 g/mol. The number of hydrogen-bond acceptors (Lipinski definition) is 10. The zero-order valence-corrected chi connectivity index (χ0v) is 32.3. The molecule has 6 fully saturated rings. The van der Waals surface area contributed by atoms with Crippen molar-refractivity contribution in [3.8, 4) is 0 Å². The van der Waals surface area contributed by atoms with Crippen LogP contribution in [0.2, 0.25) is 0 Å². The summed E-state index contributed by atoms with van der Waals surface area (Å²) in [6.45, 7) is 19.1. The third-order valence-electron chi connectivity index (χ3n) is 12.2. The number of methoxy groups -OCH3 is 2. The van der Waals surface area contributed by atoms with Crippen LogP contribution in [0.25, 0.3) is 0 Å². The molecule has 0 aromatic heterocycles. The van der Waals surface area contributed by atoms with Crippen molar-refractivity contribution >= 4 is 11.9 Å². The summed E-state index contributed by atoms with van der Waals surface area (Å²) in [7, 11) is 3.46. The molecule has 6 rings (SSSR count). The molecule has 2 saturated carbocycles. The van der Waals surface area contributed by atoms with Crippen molar-refractivity contribution in [2.45, 2.75) is 154 Å². The number of ether oxygens (including phenoxy) is 8. The summed E-state index contributed by atoms with van der Waals surface area (Å²) >= 11 is 0. The van der Waals surface area contributed by atoms with Crippen LogP contribution in [0.5, 0.6) is 0 Å². The Hall–Kier alpha value is -1.82. The van der Waals surface area contributed by atoms with Crippen LogP contribution < -0.4 is 0 Å². The number of carbonyl (C=O) groups is 2. The van der Waals surface area contributed by atoms with Crippen LogP contribution in [0.4, 0.5) is 0 Å². The van der Waals surface area contributed by atoms with E-state index in [1.165, 1.54) is 12.0 Å². The van der Waals surface area contributed by atoms with Crippen LogP contribution in [-0.4, -0.2) is 99.4 Å². The quantitative estimate of drug-likeness (QED) is 0.0855. The molecule has 6 aliphatic rings. The molecule has 284 valence electrons. The van der Waals surface area contributed by atoms with Gasteiger partial charge in [0.15, 0.2) is 0 Å². The second-order valence-corrected chi connectivity index (χ2v) is 16.4. The van der Waals surface area contributed by atoms with E-state index in [4.69, 9.17) is 37.9 Å². The molecule has 0 radical (unpaired) electrons. The molecule has 1 unspecified atom stereocenters. The Morgan fingerprint density at radius 3 is 2.08 bits per heavy atom. The van der Waals surface area contributed by atoms with E-state index < -0.39 is 0 Å². The Morgan fingerprint density at radius 1 is 0.900 bits per heavy atom. The largest absolute Gasteiger partial charge is 0.466 e. The average Bonchev–Trinajstić information content (AvgIpc) is 3.93. The van der Waals surface area contributed by atoms with Crippen LogP contribution >= 0.6 is 0 Å². The lowest BCUT2D eigenvalue weighted by atomic mass is 9.64. The van der Waals surface area contributed by atoms with Gasteiger partial charge in [0, 0.05) is 26.2 Å². The first-order valence-corrected chi connectivity index (χ1v) is 19.1. The Morgan fingerprint density at radius 2 is 1.52 bits per heavy atom. The summed E-state index contributed by atoms with van der Waals surface area (Å²) in [5, 5.41) is 0. The smallest absolute Gasteiger partial charge is 0.330 e. The fourth-order valence-electron chi connectivity index (χ4n) is 9.27. The molecule has 10 nitrogen and oxygen atoms in total. The zero-order chi connectivity index (χ0) is 36.5. The molecule has 4 aliphatic heterocycles. The number of carbonyl (C=O) groups excluding carboxylic acids is 2. The highest BCUT2D eigenvalue weighted by Crippen LogP contribution is 2.62. The molecule has 4 saturated heterocycles. The molecule has 0 amide bonds. The first kappa shape index (κ1) is 39.4. The zero-order valence-electron chi connectivity index (χ0n) is 32.3. The minimum Gasteiger partial charge on any atom is -0.466 e. The lowest BCUT2D eigenvalue weighted by molar-refractivity contribution is -0.149. The van der Waals surface area contributed by atoms with Crippen molar-refractivity contribution < 1.29 is 47.5 Å². The fraction of sp³-hybridized carbons (Fsp3) is 0.850. The molecular weight excluding hydrogens is 640 g/mol. The highest BCUT2D eigenvalue weighted by molar-refractivity contribution is 5.83. The van der Waals surface area contributed by atoms with Gasteiger partial charge in [0.2, 0.25) is 0 Å². The van der Waals surface area contributed by atoms with Gasteiger partial charge in [-0.2, -0.15) is 0 Å². The molecule has 0 N–H and O–H groups in total. The highest BCUT2D eigenvalue weighted by Gasteiger charge is 2.72. The van der Waals surface area contributed by atoms with Crippen LogP contribution in [0.15, 0.2) is 23.3 Å². The van der Waals surface area contributed by atoms with E-state index in [0.717, 1.165) is 57.3 Å². The Kier molecular flexibility index (Phi) is 12.3. The van der Waals surface area contributed by atoms with E-state index in [-0.39, 0.29) is 76.5 Å².